The van der Waals surface area contributed by atoms with Gasteiger partial charge in [-0.25, -0.2) is 9.48 Å². The van der Waals surface area contributed by atoms with Gasteiger partial charge in [0, 0.05) is 24.2 Å². The Morgan fingerprint density at radius 3 is 2.58 bits per heavy atom. The van der Waals surface area contributed by atoms with Crippen molar-refractivity contribution in [2.45, 2.75) is 13.0 Å². The number of nitro benzene ring substituents is 1. The van der Waals surface area contributed by atoms with Gasteiger partial charge in [0.15, 0.2) is 6.34 Å². The molecule has 2 atom stereocenters. The second-order valence-corrected chi connectivity index (χ2v) is 4.59. The van der Waals surface area contributed by atoms with E-state index in [2.05, 4.69) is 11.9 Å². The van der Waals surface area contributed by atoms with Crippen molar-refractivity contribution >= 4 is 12.0 Å². The smallest absolute Gasteiger partial charge is 0.269 e. The summed E-state index contributed by atoms with van der Waals surface area (Å²) in [6.45, 7) is 3.37. The quantitative estimate of drug-likeness (QED) is 0.499. The third kappa shape index (κ3) is 2.54. The first-order valence-corrected chi connectivity index (χ1v) is 6.12. The number of quaternary nitrogens is 1. The van der Waals surface area contributed by atoms with E-state index >= 15 is 0 Å². The summed E-state index contributed by atoms with van der Waals surface area (Å²) in [7, 11) is 0. The first kappa shape index (κ1) is 13.4. The zero-order chi connectivity index (χ0) is 13.9. The van der Waals surface area contributed by atoms with Gasteiger partial charge < -0.3 is 5.73 Å². The summed E-state index contributed by atoms with van der Waals surface area (Å²) in [6, 6.07) is 6.76. The largest absolute Gasteiger partial charge is 0.326 e. The highest BCUT2D eigenvalue weighted by Crippen LogP contribution is 2.30. The fraction of sp³-hybridized carbons (Fsp3) is 0.308. The molecule has 0 saturated heterocycles. The number of hydrogen-bond acceptors (Lipinski definition) is 4. The molecule has 6 nitrogen and oxygen atoms in total. The van der Waals surface area contributed by atoms with Crippen LogP contribution in [0.2, 0.25) is 0 Å². The topological polar surface area (TPSA) is 81.5 Å². The van der Waals surface area contributed by atoms with Crippen LogP contribution in [0.5, 0.6) is 0 Å². The van der Waals surface area contributed by atoms with Crippen molar-refractivity contribution in [3.05, 3.63) is 52.3 Å². The van der Waals surface area contributed by atoms with Crippen LogP contribution < -0.4 is 5.73 Å². The lowest BCUT2D eigenvalue weighted by molar-refractivity contribution is -0.810. The second kappa shape index (κ2) is 5.29. The van der Waals surface area contributed by atoms with Crippen LogP contribution in [0.3, 0.4) is 0 Å². The molecule has 1 aromatic rings. The second-order valence-electron chi connectivity index (χ2n) is 4.59. The molecule has 1 aromatic carbocycles. The van der Waals surface area contributed by atoms with Gasteiger partial charge in [-0.1, -0.05) is 0 Å². The number of nitrogens with zero attached hydrogens (tertiary/aromatic N) is 3. The van der Waals surface area contributed by atoms with Crippen molar-refractivity contribution in [2.24, 2.45) is 10.7 Å². The van der Waals surface area contributed by atoms with E-state index in [0.29, 0.717) is 11.0 Å². The molecule has 2 rings (SSSR count). The van der Waals surface area contributed by atoms with Crippen molar-refractivity contribution in [2.75, 3.05) is 13.1 Å². The van der Waals surface area contributed by atoms with Crippen molar-refractivity contribution in [3.8, 4) is 0 Å². The van der Waals surface area contributed by atoms with Crippen molar-refractivity contribution < 1.29 is 9.41 Å². The van der Waals surface area contributed by atoms with E-state index in [1.54, 1.807) is 18.3 Å². The predicted molar refractivity (Wildman–Crippen MR) is 73.3 cm³/mol. The molecule has 0 aliphatic carbocycles. The normalized spacial score (nSPS) is 22.6. The lowest BCUT2D eigenvalue weighted by Crippen LogP contribution is -2.45. The van der Waals surface area contributed by atoms with E-state index in [1.165, 1.54) is 12.1 Å². The average Bonchev–Trinajstić information content (AvgIpc) is 2.88. The Labute approximate surface area is 111 Å². The highest BCUT2D eigenvalue weighted by Gasteiger charge is 2.33. The Hall–Kier alpha value is -2.05. The van der Waals surface area contributed by atoms with Gasteiger partial charge in [0.2, 0.25) is 0 Å². The molecule has 1 aliphatic heterocycles. The Balaban J connectivity index is 2.27. The zero-order valence-corrected chi connectivity index (χ0v) is 10.8. The van der Waals surface area contributed by atoms with Gasteiger partial charge >= 0.3 is 0 Å². The van der Waals surface area contributed by atoms with Crippen molar-refractivity contribution in [3.63, 3.8) is 0 Å². The van der Waals surface area contributed by atoms with Gasteiger partial charge in [-0.3, -0.25) is 10.1 Å². The number of aliphatic imine (C=N–C) groups is 1. The van der Waals surface area contributed by atoms with Gasteiger partial charge in [0.1, 0.15) is 18.8 Å². The lowest BCUT2D eigenvalue weighted by atomic mass is 10.0. The standard InChI is InChI=1S/C13H17N4O2/c1-11(17(8-6-14)9-7-15-10-17)12-2-4-13(5-3-12)16(18)19/h2-5,7,9-11H,6,8,14H2,1H3/q+1. The van der Waals surface area contributed by atoms with Crippen LogP contribution in [0, 0.1) is 10.1 Å². The van der Waals surface area contributed by atoms with E-state index in [4.69, 9.17) is 5.73 Å². The van der Waals surface area contributed by atoms with Crippen LogP contribution in [0.25, 0.3) is 0 Å². The predicted octanol–water partition coefficient (Wildman–Crippen LogP) is 1.94. The number of nitrogens with two attached hydrogens (primary N) is 1. The van der Waals surface area contributed by atoms with Gasteiger partial charge in [0.25, 0.3) is 5.69 Å². The molecule has 0 radical (unpaired) electrons. The number of nitro groups is 1. The monoisotopic (exact) mass is 261 g/mol. The minimum atomic E-state index is -0.393. The fourth-order valence-electron chi connectivity index (χ4n) is 2.29. The first-order valence-electron chi connectivity index (χ1n) is 6.12. The molecule has 0 aromatic heterocycles. The molecule has 1 heterocycles. The molecule has 2 unspecified atom stereocenters. The molecule has 6 heteroatoms. The van der Waals surface area contributed by atoms with Crippen LogP contribution in [0.1, 0.15) is 18.5 Å². The molecule has 2 N–H and O–H groups in total. The summed E-state index contributed by atoms with van der Waals surface area (Å²) in [4.78, 5) is 14.4. The van der Waals surface area contributed by atoms with Crippen molar-refractivity contribution in [1.82, 2.24) is 0 Å². The van der Waals surface area contributed by atoms with Gasteiger partial charge in [-0.05, 0) is 19.1 Å². The summed E-state index contributed by atoms with van der Waals surface area (Å²) < 4.78 is 0.550. The van der Waals surface area contributed by atoms with Gasteiger partial charge in [-0.15, -0.1) is 0 Å². The maximum Gasteiger partial charge on any atom is 0.269 e. The summed E-state index contributed by atoms with van der Waals surface area (Å²) in [5, 5.41) is 10.7. The Morgan fingerprint density at radius 1 is 1.42 bits per heavy atom. The number of hydrogen-bond donors (Lipinski definition) is 1. The molecule has 19 heavy (non-hydrogen) atoms. The lowest BCUT2D eigenvalue weighted by Gasteiger charge is -2.33. The summed E-state index contributed by atoms with van der Waals surface area (Å²) in [5.41, 5.74) is 6.80. The average molecular weight is 261 g/mol. The van der Waals surface area contributed by atoms with Crippen LogP contribution in [-0.4, -0.2) is 28.8 Å². The maximum atomic E-state index is 10.7. The Bertz CT molecular complexity index is 510. The summed E-state index contributed by atoms with van der Waals surface area (Å²) >= 11 is 0. The van der Waals surface area contributed by atoms with Crippen LogP contribution in [0.4, 0.5) is 5.69 Å². The van der Waals surface area contributed by atoms with Crippen molar-refractivity contribution in [1.29, 1.82) is 0 Å². The first-order chi connectivity index (χ1) is 9.09. The number of non-ortho nitro benzene ring substituents is 1. The summed E-state index contributed by atoms with van der Waals surface area (Å²) in [5.74, 6) is 0. The van der Waals surface area contributed by atoms with Gasteiger partial charge in [0.05, 0.1) is 11.1 Å². The van der Waals surface area contributed by atoms with E-state index in [9.17, 15) is 10.1 Å². The molecule has 0 amide bonds. The minimum absolute atomic E-state index is 0.104. The van der Waals surface area contributed by atoms with Crippen LogP contribution in [0.15, 0.2) is 41.7 Å². The third-order valence-electron chi connectivity index (χ3n) is 3.54. The minimum Gasteiger partial charge on any atom is -0.326 e. The highest BCUT2D eigenvalue weighted by molar-refractivity contribution is 5.52. The molecular weight excluding hydrogens is 244 g/mol. The van der Waals surface area contributed by atoms with Crippen LogP contribution >= 0.6 is 0 Å². The van der Waals surface area contributed by atoms with Gasteiger partial charge in [-0.2, -0.15) is 0 Å². The molecule has 100 valence electrons. The molecule has 0 fully saturated rings. The van der Waals surface area contributed by atoms with E-state index < -0.39 is 4.92 Å². The van der Waals surface area contributed by atoms with E-state index in [0.717, 1.165) is 12.1 Å². The maximum absolute atomic E-state index is 10.7. The number of rotatable bonds is 5. The summed E-state index contributed by atoms with van der Waals surface area (Å²) in [6.07, 6.45) is 5.62. The molecular formula is C13H17N4O2+. The van der Waals surface area contributed by atoms with E-state index in [-0.39, 0.29) is 11.7 Å². The highest BCUT2D eigenvalue weighted by atomic mass is 16.6. The fourth-order valence-corrected chi connectivity index (χ4v) is 2.29. The number of benzene rings is 1. The van der Waals surface area contributed by atoms with E-state index in [1.807, 2.05) is 12.5 Å². The SMILES string of the molecule is CC(c1ccc([N+](=O)[O-])cc1)[N+]1(CCN)C=CN=C1. The zero-order valence-electron chi connectivity index (χ0n) is 10.8. The third-order valence-corrected chi connectivity index (χ3v) is 3.54. The molecule has 0 saturated carbocycles. The molecule has 1 aliphatic rings. The Kier molecular flexibility index (Phi) is 3.73. The Morgan fingerprint density at radius 2 is 2.11 bits per heavy atom. The molecule has 0 bridgehead atoms. The van der Waals surface area contributed by atoms with Crippen LogP contribution in [-0.2, 0) is 0 Å². The molecule has 0 spiro atoms.